The number of ether oxygens (including phenoxy) is 1. The predicted molar refractivity (Wildman–Crippen MR) is 101 cm³/mol. The van der Waals surface area contributed by atoms with E-state index in [1.54, 1.807) is 18.2 Å². The zero-order chi connectivity index (χ0) is 18.2. The van der Waals surface area contributed by atoms with Gasteiger partial charge in [-0.2, -0.15) is 0 Å². The van der Waals surface area contributed by atoms with Crippen molar-refractivity contribution in [1.29, 1.82) is 0 Å². The van der Waals surface area contributed by atoms with Crippen LogP contribution in [0.15, 0.2) is 30.3 Å². The Bertz CT molecular complexity index is 794. The van der Waals surface area contributed by atoms with Gasteiger partial charge in [-0.05, 0) is 50.5 Å². The molecule has 0 saturated carbocycles. The summed E-state index contributed by atoms with van der Waals surface area (Å²) in [5.74, 6) is 3.24. The average Bonchev–Trinajstić information content (AvgIpc) is 2.58. The number of anilines is 2. The van der Waals surface area contributed by atoms with E-state index in [2.05, 4.69) is 16.2 Å². The number of carbonyl (C=O) groups excluding carboxylic acids is 1. The third kappa shape index (κ3) is 5.25. The Kier molecular flexibility index (Phi) is 6.41. The molecule has 0 bridgehead atoms. The second-order valence-electron chi connectivity index (χ2n) is 5.82. The predicted octanol–water partition coefficient (Wildman–Crippen LogP) is 3.72. The fraction of sp³-hybridized carbons (Fsp3) is 0.300. The zero-order valence-corrected chi connectivity index (χ0v) is 14.6. The van der Waals surface area contributed by atoms with Crippen LogP contribution in [0.2, 0.25) is 0 Å². The largest absolute Gasteiger partial charge is 0.494 e. The van der Waals surface area contributed by atoms with E-state index in [1.165, 1.54) is 0 Å². The van der Waals surface area contributed by atoms with Gasteiger partial charge in [-0.15, -0.1) is 12.3 Å². The molecule has 130 valence electrons. The number of rotatable bonds is 7. The molecule has 0 fully saturated rings. The molecule has 0 radical (unpaired) electrons. The van der Waals surface area contributed by atoms with Gasteiger partial charge in [0.15, 0.2) is 0 Å². The molecule has 5 heteroatoms. The molecule has 1 heterocycles. The highest BCUT2D eigenvalue weighted by molar-refractivity contribution is 6.07. The van der Waals surface area contributed by atoms with Crippen LogP contribution in [0.5, 0.6) is 5.75 Å². The van der Waals surface area contributed by atoms with Crippen molar-refractivity contribution in [3.05, 3.63) is 47.2 Å². The van der Waals surface area contributed by atoms with Crippen molar-refractivity contribution in [3.63, 3.8) is 0 Å². The lowest BCUT2D eigenvalue weighted by Gasteiger charge is -2.11. The Morgan fingerprint density at radius 3 is 2.88 bits per heavy atom. The minimum Gasteiger partial charge on any atom is -0.494 e. The molecule has 1 aromatic heterocycles. The Labute approximate surface area is 148 Å². The number of aromatic nitrogens is 1. The summed E-state index contributed by atoms with van der Waals surface area (Å²) in [7, 11) is 0. The Balaban J connectivity index is 2.01. The first-order chi connectivity index (χ1) is 12.0. The van der Waals surface area contributed by atoms with E-state index in [1.807, 2.05) is 26.0 Å². The maximum Gasteiger partial charge on any atom is 0.259 e. The summed E-state index contributed by atoms with van der Waals surface area (Å²) >= 11 is 0. The molecule has 0 atom stereocenters. The molecular formula is C20H23N3O2. The van der Waals surface area contributed by atoms with Gasteiger partial charge in [0.05, 0.1) is 12.2 Å². The number of amides is 1. The molecule has 0 aliphatic carbocycles. The van der Waals surface area contributed by atoms with Gasteiger partial charge in [0.2, 0.25) is 0 Å². The molecule has 2 rings (SSSR count). The van der Waals surface area contributed by atoms with E-state index in [0.717, 1.165) is 30.5 Å². The quantitative estimate of drug-likeness (QED) is 0.596. The van der Waals surface area contributed by atoms with Crippen LogP contribution in [-0.4, -0.2) is 17.5 Å². The van der Waals surface area contributed by atoms with Crippen molar-refractivity contribution in [3.8, 4) is 18.1 Å². The Morgan fingerprint density at radius 2 is 2.12 bits per heavy atom. The standard InChI is InChI=1S/C20H23N3O2/c1-4-5-6-7-11-25-17-10-8-9-16(13-17)23-20(24)18-12-14(2)15(3)22-19(18)21/h1,8-10,12-13H,5-7,11H2,2-3H3,(H2,21,22)(H,23,24). The molecule has 1 amide bonds. The van der Waals surface area contributed by atoms with E-state index >= 15 is 0 Å². The summed E-state index contributed by atoms with van der Waals surface area (Å²) in [6.07, 6.45) is 7.81. The molecular weight excluding hydrogens is 314 g/mol. The monoisotopic (exact) mass is 337 g/mol. The summed E-state index contributed by atoms with van der Waals surface area (Å²) in [5, 5.41) is 2.83. The number of nitrogens with one attached hydrogen (secondary N) is 1. The second kappa shape index (κ2) is 8.74. The van der Waals surface area contributed by atoms with Crippen LogP contribution in [0.25, 0.3) is 0 Å². The maximum absolute atomic E-state index is 12.5. The maximum atomic E-state index is 12.5. The second-order valence-corrected chi connectivity index (χ2v) is 5.82. The number of unbranched alkanes of at least 4 members (excludes halogenated alkanes) is 2. The van der Waals surface area contributed by atoms with Crippen molar-refractivity contribution in [2.75, 3.05) is 17.7 Å². The van der Waals surface area contributed by atoms with E-state index in [-0.39, 0.29) is 11.7 Å². The van der Waals surface area contributed by atoms with Crippen LogP contribution in [0.4, 0.5) is 11.5 Å². The summed E-state index contributed by atoms with van der Waals surface area (Å²) in [6, 6.07) is 9.01. The highest BCUT2D eigenvalue weighted by atomic mass is 16.5. The van der Waals surface area contributed by atoms with Crippen molar-refractivity contribution in [1.82, 2.24) is 4.98 Å². The van der Waals surface area contributed by atoms with Crippen LogP contribution in [0.1, 0.15) is 40.9 Å². The molecule has 0 aliphatic rings. The molecule has 3 N–H and O–H groups in total. The molecule has 0 aliphatic heterocycles. The minimum absolute atomic E-state index is 0.224. The molecule has 2 aromatic rings. The fourth-order valence-electron chi connectivity index (χ4n) is 2.29. The number of nitrogens with zero attached hydrogens (tertiary/aromatic N) is 1. The van der Waals surface area contributed by atoms with Gasteiger partial charge in [0.1, 0.15) is 11.6 Å². The average molecular weight is 337 g/mol. The van der Waals surface area contributed by atoms with Crippen LogP contribution >= 0.6 is 0 Å². The summed E-state index contributed by atoms with van der Waals surface area (Å²) in [5.41, 5.74) is 8.61. The number of carbonyl (C=O) groups is 1. The normalized spacial score (nSPS) is 10.1. The number of aryl methyl sites for hydroxylation is 2. The summed E-state index contributed by atoms with van der Waals surface area (Å²) in [6.45, 7) is 4.35. The minimum atomic E-state index is -0.292. The van der Waals surface area contributed by atoms with Crippen LogP contribution < -0.4 is 15.8 Å². The number of terminal acetylenes is 1. The van der Waals surface area contributed by atoms with Crippen LogP contribution in [-0.2, 0) is 0 Å². The van der Waals surface area contributed by atoms with Gasteiger partial charge >= 0.3 is 0 Å². The molecule has 0 spiro atoms. The smallest absolute Gasteiger partial charge is 0.259 e. The van der Waals surface area contributed by atoms with Gasteiger partial charge in [0.25, 0.3) is 5.91 Å². The van der Waals surface area contributed by atoms with Crippen LogP contribution in [0.3, 0.4) is 0 Å². The van der Waals surface area contributed by atoms with E-state index in [0.29, 0.717) is 23.6 Å². The number of hydrogen-bond donors (Lipinski definition) is 2. The topological polar surface area (TPSA) is 77.2 Å². The number of nitrogens with two attached hydrogens (primary N) is 1. The summed E-state index contributed by atoms with van der Waals surface area (Å²) in [4.78, 5) is 16.6. The van der Waals surface area contributed by atoms with Gasteiger partial charge in [-0.3, -0.25) is 4.79 Å². The zero-order valence-electron chi connectivity index (χ0n) is 14.6. The molecule has 5 nitrogen and oxygen atoms in total. The van der Waals surface area contributed by atoms with E-state index in [9.17, 15) is 4.79 Å². The van der Waals surface area contributed by atoms with Crippen molar-refractivity contribution in [2.45, 2.75) is 33.1 Å². The van der Waals surface area contributed by atoms with Crippen LogP contribution in [0, 0.1) is 26.2 Å². The summed E-state index contributed by atoms with van der Waals surface area (Å²) < 4.78 is 5.68. The van der Waals surface area contributed by atoms with E-state index in [4.69, 9.17) is 16.9 Å². The number of hydrogen-bond acceptors (Lipinski definition) is 4. The lowest BCUT2D eigenvalue weighted by molar-refractivity contribution is 0.102. The Morgan fingerprint density at radius 1 is 1.32 bits per heavy atom. The first-order valence-electron chi connectivity index (χ1n) is 8.22. The lowest BCUT2D eigenvalue weighted by atomic mass is 10.1. The highest BCUT2D eigenvalue weighted by Gasteiger charge is 2.13. The lowest BCUT2D eigenvalue weighted by Crippen LogP contribution is -2.16. The van der Waals surface area contributed by atoms with Crippen molar-refractivity contribution in [2.24, 2.45) is 0 Å². The van der Waals surface area contributed by atoms with Crippen molar-refractivity contribution < 1.29 is 9.53 Å². The first-order valence-corrected chi connectivity index (χ1v) is 8.22. The molecule has 25 heavy (non-hydrogen) atoms. The van der Waals surface area contributed by atoms with Gasteiger partial charge < -0.3 is 15.8 Å². The first kappa shape index (κ1) is 18.3. The number of benzene rings is 1. The number of nitrogen functional groups attached to an aromatic ring is 1. The third-order valence-electron chi connectivity index (χ3n) is 3.82. The molecule has 0 unspecified atom stereocenters. The van der Waals surface area contributed by atoms with Crippen molar-refractivity contribution >= 4 is 17.4 Å². The number of pyridine rings is 1. The Hall–Kier alpha value is -3.00. The highest BCUT2D eigenvalue weighted by Crippen LogP contribution is 2.20. The SMILES string of the molecule is C#CCCCCOc1cccc(NC(=O)c2cc(C)c(C)nc2N)c1. The van der Waals surface area contributed by atoms with Gasteiger partial charge in [-0.25, -0.2) is 4.98 Å². The fourth-order valence-corrected chi connectivity index (χ4v) is 2.29. The van der Waals surface area contributed by atoms with Gasteiger partial charge in [0, 0.05) is 23.9 Å². The van der Waals surface area contributed by atoms with Gasteiger partial charge in [-0.1, -0.05) is 6.07 Å². The molecule has 1 aromatic carbocycles. The van der Waals surface area contributed by atoms with E-state index < -0.39 is 0 Å². The third-order valence-corrected chi connectivity index (χ3v) is 3.82. The molecule has 0 saturated heterocycles.